The highest BCUT2D eigenvalue weighted by atomic mass is 35.5. The van der Waals surface area contributed by atoms with Crippen molar-refractivity contribution in [3.63, 3.8) is 0 Å². The van der Waals surface area contributed by atoms with Gasteiger partial charge in [-0.1, -0.05) is 69.6 Å². The van der Waals surface area contributed by atoms with Gasteiger partial charge in [0.1, 0.15) is 22.6 Å². The highest BCUT2D eigenvalue weighted by molar-refractivity contribution is 7.05. The lowest BCUT2D eigenvalue weighted by Crippen LogP contribution is -2.45. The molecule has 3 aliphatic rings. The minimum atomic E-state index is -0.887. The van der Waals surface area contributed by atoms with Gasteiger partial charge in [-0.2, -0.15) is 0 Å². The lowest BCUT2D eigenvalue weighted by molar-refractivity contribution is 0.938. The van der Waals surface area contributed by atoms with Gasteiger partial charge in [0.15, 0.2) is 11.7 Å². The summed E-state index contributed by atoms with van der Waals surface area (Å²) in [5, 5.41) is 4.81. The quantitative estimate of drug-likeness (QED) is 0.155. The zero-order valence-corrected chi connectivity index (χ0v) is 23.7. The average Bonchev–Trinajstić information content (AvgIpc) is 3.52. The van der Waals surface area contributed by atoms with Crippen LogP contribution in [0.25, 0.3) is 21.5 Å². The first-order valence-electron chi connectivity index (χ1n) is 11.0. The number of rotatable bonds is 0. The van der Waals surface area contributed by atoms with Crippen LogP contribution in [0.3, 0.4) is 0 Å². The van der Waals surface area contributed by atoms with E-state index in [-0.39, 0.29) is 0 Å². The van der Waals surface area contributed by atoms with E-state index >= 15 is 0 Å². The van der Waals surface area contributed by atoms with Gasteiger partial charge in [0.2, 0.25) is 0 Å². The maximum Gasteiger partial charge on any atom is 0.499 e. The Kier molecular flexibility index (Phi) is 4.93. The van der Waals surface area contributed by atoms with Crippen LogP contribution >= 0.6 is 81.1 Å². The number of hydrogen-bond acceptors (Lipinski definition) is 4. The topological polar surface area (TPSA) is 59.3 Å². The summed E-state index contributed by atoms with van der Waals surface area (Å²) in [6.45, 7) is 0. The van der Waals surface area contributed by atoms with E-state index in [1.165, 1.54) is 0 Å². The van der Waals surface area contributed by atoms with E-state index in [2.05, 4.69) is 0 Å². The average molecular weight is 637 g/mol. The summed E-state index contributed by atoms with van der Waals surface area (Å²) >= 11 is 47.5. The Morgan fingerprint density at radius 2 is 0.895 bits per heavy atom. The Bertz CT molecular complexity index is 2180. The fourth-order valence-corrected chi connectivity index (χ4v) is 7.10. The second-order valence-electron chi connectivity index (χ2n) is 8.78. The van der Waals surface area contributed by atoms with Crippen LogP contribution in [0, 0.1) is 0 Å². The van der Waals surface area contributed by atoms with Crippen molar-refractivity contribution in [3.05, 3.63) is 88.6 Å². The molecule has 0 spiro atoms. The number of aliphatic imine (C=N–C) groups is 2. The maximum atomic E-state index is 7.24. The second kappa shape index (κ2) is 7.92. The van der Waals surface area contributed by atoms with E-state index in [9.17, 15) is 0 Å². The van der Waals surface area contributed by atoms with Crippen LogP contribution in [0.15, 0.2) is 56.4 Å². The normalized spacial score (nSPS) is 17.1. The third kappa shape index (κ3) is 2.85. The largest absolute Gasteiger partial charge is 0.499 e. The molecular formula is C24H6BCl7N6. The second-order valence-corrected chi connectivity index (χ2v) is 11.6. The molecule has 0 unspecified atom stereocenters. The summed E-state index contributed by atoms with van der Waals surface area (Å²) in [7, 11) is 0. The van der Waals surface area contributed by atoms with Gasteiger partial charge in [0.25, 0.3) is 0 Å². The predicted octanol–water partition coefficient (Wildman–Crippen LogP) is 7.87. The van der Waals surface area contributed by atoms with Gasteiger partial charge < -0.3 is 8.96 Å². The number of nitrogens with zero attached hydrogens (tertiary/aromatic N) is 6. The molecule has 6 nitrogen and oxygen atoms in total. The van der Waals surface area contributed by atoms with Crippen molar-refractivity contribution in [2.75, 3.05) is 0 Å². The van der Waals surface area contributed by atoms with Crippen LogP contribution in [0.2, 0.25) is 30.1 Å². The smallest absolute Gasteiger partial charge is 0.319 e. The maximum absolute atomic E-state index is 7.24. The van der Waals surface area contributed by atoms with Gasteiger partial charge in [-0.15, -0.1) is 11.5 Å². The van der Waals surface area contributed by atoms with E-state index in [1.807, 2.05) is 0 Å². The lowest BCUT2D eigenvalue weighted by Gasteiger charge is -2.18. The summed E-state index contributed by atoms with van der Waals surface area (Å²) < 4.78 is 3.47. The third-order valence-corrected chi connectivity index (χ3v) is 9.12. The zero-order chi connectivity index (χ0) is 26.2. The molecule has 4 bridgehead atoms. The Balaban J connectivity index is 1.73. The molecule has 5 heterocycles. The van der Waals surface area contributed by atoms with Crippen molar-refractivity contribution in [1.29, 1.82) is 0 Å². The van der Waals surface area contributed by atoms with Crippen LogP contribution in [0.5, 0.6) is 0 Å². The van der Waals surface area contributed by atoms with Crippen LogP contribution in [-0.2, 0) is 0 Å². The molecule has 3 aromatic carbocycles. The summed E-state index contributed by atoms with van der Waals surface area (Å²) in [5.74, 6) is 1.46. The Hall–Kier alpha value is -2.23. The minimum absolute atomic E-state index is 0.299. The monoisotopic (exact) mass is 634 g/mol. The zero-order valence-electron chi connectivity index (χ0n) is 18.4. The number of fused-ring (bicyclic) bond motifs is 10. The molecule has 0 radical (unpaired) electrons. The number of amidine groups is 2. The Morgan fingerprint density at radius 1 is 0.474 bits per heavy atom. The van der Waals surface area contributed by atoms with E-state index in [1.54, 1.807) is 45.4 Å². The van der Waals surface area contributed by atoms with Crippen molar-refractivity contribution in [3.8, 4) is 0 Å². The molecule has 0 fully saturated rings. The Labute approximate surface area is 248 Å². The van der Waals surface area contributed by atoms with Crippen molar-refractivity contribution in [1.82, 2.24) is 8.96 Å². The van der Waals surface area contributed by atoms with Gasteiger partial charge in [0, 0.05) is 21.5 Å². The van der Waals surface area contributed by atoms with Crippen LogP contribution in [-0.4, -0.2) is 27.0 Å². The predicted molar refractivity (Wildman–Crippen MR) is 157 cm³/mol. The van der Waals surface area contributed by atoms with E-state index < -0.39 is 6.40 Å². The van der Waals surface area contributed by atoms with Gasteiger partial charge >= 0.3 is 6.40 Å². The van der Waals surface area contributed by atoms with E-state index in [4.69, 9.17) is 101 Å². The Morgan fingerprint density at radius 3 is 1.45 bits per heavy atom. The van der Waals surface area contributed by atoms with Crippen LogP contribution in [0.4, 0.5) is 11.6 Å². The van der Waals surface area contributed by atoms with Crippen LogP contribution < -0.4 is 11.0 Å². The summed E-state index contributed by atoms with van der Waals surface area (Å²) in [6.07, 6.45) is -0.887. The number of halogens is 7. The fourth-order valence-electron chi connectivity index (χ4n) is 5.28. The molecule has 0 atom stereocenters. The minimum Gasteiger partial charge on any atom is -0.319 e. The molecule has 0 saturated heterocycles. The van der Waals surface area contributed by atoms with E-state index in [0.717, 1.165) is 0 Å². The highest BCUT2D eigenvalue weighted by Gasteiger charge is 2.38. The van der Waals surface area contributed by atoms with Crippen molar-refractivity contribution >= 4 is 132 Å². The molecule has 5 aromatic rings. The lowest BCUT2D eigenvalue weighted by atomic mass is 10.1. The number of benzene rings is 3. The molecule has 0 saturated carbocycles. The van der Waals surface area contributed by atoms with Gasteiger partial charge in [0.05, 0.1) is 41.3 Å². The number of hydrogen-bond donors (Lipinski definition) is 0. The summed E-state index contributed by atoms with van der Waals surface area (Å²) in [6, 6.07) is 10.2. The molecule has 3 aliphatic heterocycles. The third-order valence-electron chi connectivity index (χ3n) is 6.84. The molecule has 8 rings (SSSR count). The first-order valence-corrected chi connectivity index (χ1v) is 13.7. The molecule has 38 heavy (non-hydrogen) atoms. The molecule has 0 aliphatic carbocycles. The molecule has 0 N–H and O–H groups in total. The van der Waals surface area contributed by atoms with Crippen molar-refractivity contribution in [2.45, 2.75) is 0 Å². The molecular weight excluding hydrogens is 631 g/mol. The van der Waals surface area contributed by atoms with Crippen molar-refractivity contribution in [2.24, 2.45) is 20.0 Å². The SMILES string of the molecule is ClB1n2c3c4c(Cl)ccc(Cl)c4c2/N=C2N=C(/N=c4/c5c(Cl)ccc(Cl)c5c(n41)=N3)c1c(Cl)ccc(Cl)c1\2. The van der Waals surface area contributed by atoms with Crippen molar-refractivity contribution < 1.29 is 0 Å². The first-order chi connectivity index (χ1) is 18.3. The number of aromatic nitrogens is 2. The highest BCUT2D eigenvalue weighted by Crippen LogP contribution is 2.47. The molecule has 14 heteroatoms. The van der Waals surface area contributed by atoms with Gasteiger partial charge in [-0.3, -0.25) is 0 Å². The molecule has 2 aromatic heterocycles. The standard InChI is InChI=1S/C24H6BCl7N6/c26-7-1-2-8(27)14-13(7)19-33-20(14)35-22-16-10(29)4-6-12(31)18(16)24-36-23-17-11(30)5-3-9(28)15(17)21(34-19)37(23)25(32)38(22)24/h1-6H/b34-19-,34-21?,35-20?,35-22-. The first kappa shape index (κ1) is 23.6. The summed E-state index contributed by atoms with van der Waals surface area (Å²) in [4.78, 5) is 19.6. The van der Waals surface area contributed by atoms with Crippen LogP contribution in [0.1, 0.15) is 11.1 Å². The van der Waals surface area contributed by atoms with Gasteiger partial charge in [-0.05, 0) is 36.4 Å². The van der Waals surface area contributed by atoms with Gasteiger partial charge in [-0.25, -0.2) is 20.0 Å². The molecule has 0 amide bonds. The fraction of sp³-hybridized carbons (Fsp3) is 0. The van der Waals surface area contributed by atoms with E-state index in [0.29, 0.717) is 97.1 Å². The molecule has 184 valence electrons. The summed E-state index contributed by atoms with van der Waals surface area (Å²) in [5.41, 5.74) is 1.94.